The minimum absolute atomic E-state index is 0.266. The summed E-state index contributed by atoms with van der Waals surface area (Å²) in [4.78, 5) is 20.4. The number of hydrogen-bond acceptors (Lipinski definition) is 4. The molecule has 62 valence electrons. The number of hydrogen-bond donors (Lipinski definition) is 3. The highest BCUT2D eigenvalue weighted by atomic mass is 32.1. The van der Waals surface area contributed by atoms with E-state index in [1.54, 1.807) is 6.21 Å². The zero-order chi connectivity index (χ0) is 8.55. The number of fused-ring (bicyclic) bond motifs is 1. The van der Waals surface area contributed by atoms with Gasteiger partial charge in [-0.3, -0.25) is 9.78 Å². The third-order valence-corrected chi connectivity index (χ3v) is 1.71. The van der Waals surface area contributed by atoms with Gasteiger partial charge in [-0.25, -0.2) is 4.99 Å². The Morgan fingerprint density at radius 3 is 3.17 bits per heavy atom. The SMILES string of the molecule is O=c1[nH]c(=S)[nH]c2c1N=CCN2. The summed E-state index contributed by atoms with van der Waals surface area (Å²) in [5.74, 6) is 0.589. The van der Waals surface area contributed by atoms with Crippen LogP contribution in [-0.4, -0.2) is 22.7 Å². The van der Waals surface area contributed by atoms with Crippen LogP contribution in [0.25, 0.3) is 0 Å². The fourth-order valence-corrected chi connectivity index (χ4v) is 1.21. The Balaban J connectivity index is 2.79. The molecular formula is C6H6N4OS. The molecule has 0 saturated heterocycles. The van der Waals surface area contributed by atoms with Crippen LogP contribution in [0.3, 0.4) is 0 Å². The molecule has 2 heterocycles. The molecule has 12 heavy (non-hydrogen) atoms. The maximum absolute atomic E-state index is 11.2. The predicted octanol–water partition coefficient (Wildman–Crippen LogP) is 0.560. The van der Waals surface area contributed by atoms with E-state index in [-0.39, 0.29) is 5.56 Å². The molecule has 1 aliphatic rings. The summed E-state index contributed by atoms with van der Waals surface area (Å²) >= 11 is 4.78. The van der Waals surface area contributed by atoms with E-state index in [1.807, 2.05) is 0 Å². The van der Waals surface area contributed by atoms with Crippen molar-refractivity contribution in [3.8, 4) is 0 Å². The van der Waals surface area contributed by atoms with Crippen LogP contribution in [0.5, 0.6) is 0 Å². The highest BCUT2D eigenvalue weighted by Crippen LogP contribution is 2.17. The van der Waals surface area contributed by atoms with E-state index in [2.05, 4.69) is 20.3 Å². The molecule has 0 aromatic carbocycles. The lowest BCUT2D eigenvalue weighted by Crippen LogP contribution is -2.16. The van der Waals surface area contributed by atoms with Gasteiger partial charge in [-0.1, -0.05) is 0 Å². The second-order valence-electron chi connectivity index (χ2n) is 2.32. The van der Waals surface area contributed by atoms with Gasteiger partial charge in [-0.05, 0) is 12.2 Å². The standard InChI is InChI=1S/C6H6N4OS/c11-5-3-4(8-2-1-7-3)9-6(12)10-5/h1H,2H2,(H3,8,9,10,11,12). The Hall–Kier alpha value is -1.43. The number of aromatic amines is 2. The fraction of sp³-hybridized carbons (Fsp3) is 0.167. The van der Waals surface area contributed by atoms with Crippen LogP contribution in [0, 0.1) is 4.77 Å². The molecule has 2 rings (SSSR count). The van der Waals surface area contributed by atoms with Crippen LogP contribution in [0.4, 0.5) is 11.5 Å². The lowest BCUT2D eigenvalue weighted by Gasteiger charge is -2.09. The largest absolute Gasteiger partial charge is 0.365 e. The van der Waals surface area contributed by atoms with Crippen LogP contribution in [0.1, 0.15) is 0 Å². The van der Waals surface area contributed by atoms with Crippen molar-refractivity contribution in [2.45, 2.75) is 0 Å². The Bertz CT molecular complexity index is 444. The minimum Gasteiger partial charge on any atom is -0.365 e. The molecule has 0 bridgehead atoms. The molecule has 5 nitrogen and oxygen atoms in total. The zero-order valence-electron chi connectivity index (χ0n) is 6.05. The molecular weight excluding hydrogens is 176 g/mol. The molecule has 0 saturated carbocycles. The third kappa shape index (κ3) is 1.06. The molecule has 1 aromatic rings. The lowest BCUT2D eigenvalue weighted by atomic mass is 10.4. The van der Waals surface area contributed by atoms with Crippen LogP contribution < -0.4 is 10.9 Å². The van der Waals surface area contributed by atoms with Crippen molar-refractivity contribution in [2.24, 2.45) is 4.99 Å². The molecule has 0 unspecified atom stereocenters. The molecule has 6 heteroatoms. The van der Waals surface area contributed by atoms with E-state index in [9.17, 15) is 4.79 Å². The van der Waals surface area contributed by atoms with E-state index in [4.69, 9.17) is 12.2 Å². The van der Waals surface area contributed by atoms with Gasteiger partial charge in [0.2, 0.25) is 0 Å². The normalized spacial score (nSPS) is 13.7. The van der Waals surface area contributed by atoms with Gasteiger partial charge < -0.3 is 10.3 Å². The van der Waals surface area contributed by atoms with Crippen LogP contribution in [0.2, 0.25) is 0 Å². The Kier molecular flexibility index (Phi) is 1.54. The maximum atomic E-state index is 11.2. The van der Waals surface area contributed by atoms with E-state index in [0.29, 0.717) is 22.8 Å². The summed E-state index contributed by atoms with van der Waals surface area (Å²) in [5.41, 5.74) is 0.0899. The second kappa shape index (κ2) is 2.56. The smallest absolute Gasteiger partial charge is 0.279 e. The number of anilines is 1. The Labute approximate surface area is 72.6 Å². The number of nitrogens with zero attached hydrogens (tertiary/aromatic N) is 1. The van der Waals surface area contributed by atoms with E-state index >= 15 is 0 Å². The van der Waals surface area contributed by atoms with Crippen LogP contribution in [-0.2, 0) is 0 Å². The number of rotatable bonds is 0. The first-order valence-corrected chi connectivity index (χ1v) is 3.81. The Morgan fingerprint density at radius 2 is 2.33 bits per heavy atom. The lowest BCUT2D eigenvalue weighted by molar-refractivity contribution is 1.06. The van der Waals surface area contributed by atoms with E-state index < -0.39 is 0 Å². The van der Waals surface area contributed by atoms with Crippen molar-refractivity contribution in [3.63, 3.8) is 0 Å². The average molecular weight is 182 g/mol. The molecule has 1 aromatic heterocycles. The van der Waals surface area contributed by atoms with Crippen molar-refractivity contribution < 1.29 is 0 Å². The number of H-pyrrole nitrogens is 2. The van der Waals surface area contributed by atoms with Crippen molar-refractivity contribution in [1.82, 2.24) is 9.97 Å². The van der Waals surface area contributed by atoms with Crippen molar-refractivity contribution in [2.75, 3.05) is 11.9 Å². The monoisotopic (exact) mass is 182 g/mol. The molecule has 1 aliphatic heterocycles. The average Bonchev–Trinajstić information content (AvgIpc) is 2.04. The van der Waals surface area contributed by atoms with Gasteiger partial charge >= 0.3 is 0 Å². The Morgan fingerprint density at radius 1 is 1.50 bits per heavy atom. The molecule has 0 aliphatic carbocycles. The first-order valence-electron chi connectivity index (χ1n) is 3.40. The van der Waals surface area contributed by atoms with Crippen LogP contribution >= 0.6 is 12.2 Å². The highest BCUT2D eigenvalue weighted by Gasteiger charge is 2.08. The molecule has 0 amide bonds. The van der Waals surface area contributed by atoms with E-state index in [0.717, 1.165) is 0 Å². The quantitative estimate of drug-likeness (QED) is 0.513. The van der Waals surface area contributed by atoms with Gasteiger partial charge in [0.05, 0.1) is 6.54 Å². The van der Waals surface area contributed by atoms with Crippen molar-refractivity contribution >= 4 is 29.9 Å². The number of aromatic nitrogens is 2. The fourth-order valence-electron chi connectivity index (χ4n) is 1.02. The van der Waals surface area contributed by atoms with Gasteiger partial charge in [0, 0.05) is 6.21 Å². The molecule has 0 fully saturated rings. The summed E-state index contributed by atoms with van der Waals surface area (Å²) < 4.78 is 0.309. The number of aliphatic imine (C=N–C) groups is 1. The summed E-state index contributed by atoms with van der Waals surface area (Å²) in [5, 5.41) is 2.95. The first-order chi connectivity index (χ1) is 5.77. The summed E-state index contributed by atoms with van der Waals surface area (Å²) in [7, 11) is 0. The summed E-state index contributed by atoms with van der Waals surface area (Å²) in [6.45, 7) is 0.613. The topological polar surface area (TPSA) is 73.0 Å². The molecule has 0 radical (unpaired) electrons. The highest BCUT2D eigenvalue weighted by molar-refractivity contribution is 7.71. The van der Waals surface area contributed by atoms with Gasteiger partial charge in [-0.2, -0.15) is 0 Å². The third-order valence-electron chi connectivity index (χ3n) is 1.51. The van der Waals surface area contributed by atoms with Gasteiger partial charge in [0.25, 0.3) is 5.56 Å². The van der Waals surface area contributed by atoms with Gasteiger partial charge in [0.15, 0.2) is 10.5 Å². The first kappa shape index (κ1) is 7.23. The summed E-state index contributed by atoms with van der Waals surface area (Å²) in [6.07, 6.45) is 1.63. The van der Waals surface area contributed by atoms with Gasteiger partial charge in [-0.15, -0.1) is 0 Å². The van der Waals surface area contributed by atoms with Gasteiger partial charge in [0.1, 0.15) is 5.82 Å². The molecule has 0 spiro atoms. The number of nitrogens with one attached hydrogen (secondary N) is 3. The summed E-state index contributed by atoms with van der Waals surface area (Å²) in [6, 6.07) is 0. The second-order valence-corrected chi connectivity index (χ2v) is 2.73. The maximum Gasteiger partial charge on any atom is 0.279 e. The zero-order valence-corrected chi connectivity index (χ0v) is 6.86. The molecule has 3 N–H and O–H groups in total. The predicted molar refractivity (Wildman–Crippen MR) is 48.9 cm³/mol. The molecule has 0 atom stereocenters. The van der Waals surface area contributed by atoms with Crippen molar-refractivity contribution in [3.05, 3.63) is 15.1 Å². The van der Waals surface area contributed by atoms with Crippen LogP contribution in [0.15, 0.2) is 9.79 Å². The van der Waals surface area contributed by atoms with Crippen molar-refractivity contribution in [1.29, 1.82) is 0 Å². The van der Waals surface area contributed by atoms with E-state index in [1.165, 1.54) is 0 Å². The minimum atomic E-state index is -0.266.